The van der Waals surface area contributed by atoms with Crippen molar-refractivity contribution < 1.29 is 18.7 Å². The molecule has 9 nitrogen and oxygen atoms in total. The number of nitrogens with one attached hydrogen (secondary N) is 1. The van der Waals surface area contributed by atoms with E-state index in [0.29, 0.717) is 42.4 Å². The van der Waals surface area contributed by atoms with Crippen LogP contribution in [0.1, 0.15) is 40.2 Å². The van der Waals surface area contributed by atoms with Crippen LogP contribution in [0.5, 0.6) is 5.75 Å². The van der Waals surface area contributed by atoms with E-state index in [1.54, 1.807) is 43.6 Å². The second kappa shape index (κ2) is 11.9. The molecule has 0 radical (unpaired) electrons. The Morgan fingerprint density at radius 1 is 0.978 bits per heavy atom. The molecule has 1 atom stereocenters. The molecule has 3 fully saturated rings. The second-order valence-corrected chi connectivity index (χ2v) is 12.9. The highest BCUT2D eigenvalue weighted by atomic mass is 35.5. The number of aromatic nitrogens is 1. The van der Waals surface area contributed by atoms with E-state index in [1.165, 1.54) is 22.8 Å². The Kier molecular flexibility index (Phi) is 7.83. The van der Waals surface area contributed by atoms with E-state index in [4.69, 9.17) is 16.3 Å². The minimum atomic E-state index is -0.703. The van der Waals surface area contributed by atoms with Gasteiger partial charge in [0.2, 0.25) is 5.43 Å². The van der Waals surface area contributed by atoms with Crippen LogP contribution in [-0.4, -0.2) is 60.4 Å². The van der Waals surface area contributed by atoms with Crippen molar-refractivity contribution in [3.8, 4) is 5.75 Å². The number of piperazine rings is 1. The van der Waals surface area contributed by atoms with Crippen molar-refractivity contribution in [1.82, 2.24) is 15.0 Å². The quantitative estimate of drug-likeness (QED) is 0.288. The van der Waals surface area contributed by atoms with E-state index in [2.05, 4.69) is 10.3 Å². The molecule has 0 bridgehead atoms. The number of pyridine rings is 1. The van der Waals surface area contributed by atoms with Crippen LogP contribution in [0, 0.1) is 5.82 Å². The van der Waals surface area contributed by atoms with Crippen molar-refractivity contribution >= 4 is 57.5 Å². The molecule has 45 heavy (non-hydrogen) atoms. The fourth-order valence-electron chi connectivity index (χ4n) is 6.00. The summed E-state index contributed by atoms with van der Waals surface area (Å²) in [6.45, 7) is 2.64. The molecule has 1 aromatic heterocycles. The third-order valence-corrected chi connectivity index (χ3v) is 10.1. The number of carbonyl (C=O) groups excluding carboxylic acids is 2. The Hall–Kier alpha value is -4.22. The number of hydrogen-bond acceptors (Lipinski definition) is 7. The van der Waals surface area contributed by atoms with Gasteiger partial charge in [-0.15, -0.1) is 11.8 Å². The van der Waals surface area contributed by atoms with Gasteiger partial charge in [0, 0.05) is 54.5 Å². The number of carbonyl (C=O) groups is 2. The van der Waals surface area contributed by atoms with Crippen molar-refractivity contribution in [1.29, 1.82) is 0 Å². The molecule has 4 aromatic rings. The summed E-state index contributed by atoms with van der Waals surface area (Å²) in [6.07, 6.45) is 3.35. The van der Waals surface area contributed by atoms with Crippen molar-refractivity contribution in [3.05, 3.63) is 99.1 Å². The predicted molar refractivity (Wildman–Crippen MR) is 175 cm³/mol. The lowest BCUT2D eigenvalue weighted by atomic mass is 10.1. The molecule has 0 spiro atoms. The first-order chi connectivity index (χ1) is 21.8. The van der Waals surface area contributed by atoms with E-state index in [0.717, 1.165) is 29.8 Å². The van der Waals surface area contributed by atoms with Crippen molar-refractivity contribution in [2.45, 2.75) is 24.3 Å². The number of rotatable bonds is 7. The molecule has 1 saturated carbocycles. The molecule has 1 unspecified atom stereocenters. The summed E-state index contributed by atoms with van der Waals surface area (Å²) < 4.78 is 22.9. The van der Waals surface area contributed by atoms with Gasteiger partial charge in [0.15, 0.2) is 0 Å². The Labute approximate surface area is 268 Å². The Morgan fingerprint density at radius 2 is 1.67 bits per heavy atom. The van der Waals surface area contributed by atoms with Crippen molar-refractivity contribution in [3.63, 3.8) is 0 Å². The summed E-state index contributed by atoms with van der Waals surface area (Å²) in [5.41, 5.74) is 4.87. The molecule has 3 aromatic carbocycles. The average Bonchev–Trinajstić information content (AvgIpc) is 3.84. The number of thioether (sulfide) groups is 1. The summed E-state index contributed by atoms with van der Waals surface area (Å²) >= 11 is 7.40. The Morgan fingerprint density at radius 3 is 2.33 bits per heavy atom. The largest absolute Gasteiger partial charge is 0.497 e. The minimum Gasteiger partial charge on any atom is -0.497 e. The number of amides is 2. The fourth-order valence-corrected chi connectivity index (χ4v) is 7.24. The zero-order valence-electron chi connectivity index (χ0n) is 24.5. The first-order valence-electron chi connectivity index (χ1n) is 14.8. The highest BCUT2D eigenvalue weighted by Crippen LogP contribution is 2.39. The number of benzene rings is 3. The Balaban J connectivity index is 1.15. The van der Waals surface area contributed by atoms with Gasteiger partial charge in [0.05, 0.1) is 24.1 Å². The normalized spacial score (nSPS) is 18.5. The molecule has 7 rings (SSSR count). The van der Waals surface area contributed by atoms with Gasteiger partial charge in [0.25, 0.3) is 11.8 Å². The standard InChI is InChI=1S/C33H31ClFN5O4S/c1-44-24-10-8-22(9-11-24)37-12-14-38(15-13-37)29-17-28-25(16-27(29)35)31(42)26(18-39(28)23-6-7-23)32(43)36-40-30(41)19-45-33(40)20-2-4-21(34)5-3-20/h2-5,8-11,16-18,23,33H,6-7,12-15,19H2,1H3,(H,36,43). The van der Waals surface area contributed by atoms with Crippen LogP contribution in [0.4, 0.5) is 15.8 Å². The third-order valence-electron chi connectivity index (χ3n) is 8.59. The summed E-state index contributed by atoms with van der Waals surface area (Å²) in [5, 5.41) is 1.50. The van der Waals surface area contributed by atoms with Gasteiger partial charge in [0.1, 0.15) is 22.5 Å². The lowest BCUT2D eigenvalue weighted by Gasteiger charge is -2.37. The molecule has 3 heterocycles. The van der Waals surface area contributed by atoms with Gasteiger partial charge in [-0.2, -0.15) is 0 Å². The van der Waals surface area contributed by atoms with Crippen LogP contribution in [0.3, 0.4) is 0 Å². The summed E-state index contributed by atoms with van der Waals surface area (Å²) in [5.74, 6) is -0.514. The van der Waals surface area contributed by atoms with Crippen LogP contribution in [0.25, 0.3) is 10.9 Å². The van der Waals surface area contributed by atoms with Crippen LogP contribution < -0.4 is 25.4 Å². The summed E-state index contributed by atoms with van der Waals surface area (Å²) in [6, 6.07) is 18.0. The summed E-state index contributed by atoms with van der Waals surface area (Å²) in [4.78, 5) is 44.3. The van der Waals surface area contributed by atoms with Gasteiger partial charge in [-0.3, -0.25) is 19.8 Å². The van der Waals surface area contributed by atoms with E-state index in [1.807, 2.05) is 33.7 Å². The zero-order chi connectivity index (χ0) is 31.2. The molecule has 12 heteroatoms. The number of methoxy groups -OCH3 is 1. The average molecular weight is 648 g/mol. The van der Waals surface area contributed by atoms with Crippen LogP contribution in [0.15, 0.2) is 71.7 Å². The Bertz CT molecular complexity index is 1840. The topological polar surface area (TPSA) is 87.1 Å². The van der Waals surface area contributed by atoms with E-state index < -0.39 is 22.5 Å². The SMILES string of the molecule is COc1ccc(N2CCN(c3cc4c(cc3F)c(=O)c(C(=O)NN3C(=O)CSC3c3ccc(Cl)cc3)cn4C3CC3)CC2)cc1. The van der Waals surface area contributed by atoms with Crippen molar-refractivity contribution in [2.24, 2.45) is 0 Å². The van der Waals surface area contributed by atoms with Crippen LogP contribution in [-0.2, 0) is 4.79 Å². The van der Waals surface area contributed by atoms with Crippen molar-refractivity contribution in [2.75, 3.05) is 48.8 Å². The molecule has 1 N–H and O–H groups in total. The molecule has 2 aliphatic heterocycles. The number of hydrogen-bond donors (Lipinski definition) is 1. The van der Waals surface area contributed by atoms with Gasteiger partial charge in [-0.25, -0.2) is 9.40 Å². The molecular weight excluding hydrogens is 617 g/mol. The zero-order valence-corrected chi connectivity index (χ0v) is 26.1. The fraction of sp³-hybridized carbons (Fsp3) is 0.303. The van der Waals surface area contributed by atoms with Gasteiger partial charge in [-0.05, 0) is 66.9 Å². The van der Waals surface area contributed by atoms with Gasteiger partial charge in [-0.1, -0.05) is 23.7 Å². The molecule has 232 valence electrons. The number of nitrogens with zero attached hydrogens (tertiary/aromatic N) is 4. The second-order valence-electron chi connectivity index (χ2n) is 11.4. The first kappa shape index (κ1) is 29.5. The van der Waals surface area contributed by atoms with E-state index in [-0.39, 0.29) is 28.7 Å². The predicted octanol–water partition coefficient (Wildman–Crippen LogP) is 5.38. The molecule has 3 aliphatic rings. The maximum absolute atomic E-state index is 15.7. The molecular formula is C33H31ClFN5O4S. The van der Waals surface area contributed by atoms with Crippen LogP contribution >= 0.6 is 23.4 Å². The number of anilines is 2. The first-order valence-corrected chi connectivity index (χ1v) is 16.3. The number of ether oxygens (including phenoxy) is 1. The smallest absolute Gasteiger partial charge is 0.275 e. The van der Waals surface area contributed by atoms with Gasteiger partial charge < -0.3 is 19.1 Å². The minimum absolute atomic E-state index is 0.107. The molecule has 2 saturated heterocycles. The molecule has 1 aliphatic carbocycles. The van der Waals surface area contributed by atoms with Gasteiger partial charge >= 0.3 is 0 Å². The lowest BCUT2D eigenvalue weighted by Crippen LogP contribution is -2.47. The third kappa shape index (κ3) is 5.70. The lowest BCUT2D eigenvalue weighted by molar-refractivity contribution is -0.130. The highest BCUT2D eigenvalue weighted by molar-refractivity contribution is 8.00. The maximum atomic E-state index is 15.7. The number of hydrazine groups is 1. The highest BCUT2D eigenvalue weighted by Gasteiger charge is 2.36. The summed E-state index contributed by atoms with van der Waals surface area (Å²) in [7, 11) is 1.64. The number of fused-ring (bicyclic) bond motifs is 1. The van der Waals surface area contributed by atoms with E-state index >= 15 is 4.39 Å². The van der Waals surface area contributed by atoms with Crippen LogP contribution in [0.2, 0.25) is 5.02 Å². The number of halogens is 2. The monoisotopic (exact) mass is 647 g/mol. The van der Waals surface area contributed by atoms with E-state index in [9.17, 15) is 14.4 Å². The maximum Gasteiger partial charge on any atom is 0.275 e. The molecule has 2 amide bonds.